The third-order valence-corrected chi connectivity index (χ3v) is 6.00. The van der Waals surface area contributed by atoms with E-state index in [-0.39, 0.29) is 30.2 Å². The molecular weight excluding hydrogens is 378 g/mol. The molecule has 1 atom stereocenters. The highest BCUT2D eigenvalue weighted by Crippen LogP contribution is 2.20. The Hall–Kier alpha value is -3.15. The zero-order valence-electron chi connectivity index (χ0n) is 17.0. The van der Waals surface area contributed by atoms with Crippen molar-refractivity contribution in [2.24, 2.45) is 5.92 Å². The van der Waals surface area contributed by atoms with Crippen LogP contribution in [-0.4, -0.2) is 53.7 Å². The highest BCUT2D eigenvalue weighted by atomic mass is 16.2. The molecule has 0 saturated carbocycles. The lowest BCUT2D eigenvalue weighted by Gasteiger charge is -2.32. The minimum Gasteiger partial charge on any atom is -0.347 e. The normalized spacial score (nSPS) is 18.5. The van der Waals surface area contributed by atoms with Crippen molar-refractivity contribution in [1.82, 2.24) is 15.1 Å². The Kier molecular flexibility index (Phi) is 6.12. The van der Waals surface area contributed by atoms with Crippen LogP contribution in [0.5, 0.6) is 0 Å². The average Bonchev–Trinajstić information content (AvgIpc) is 2.82. The van der Waals surface area contributed by atoms with E-state index >= 15 is 0 Å². The molecule has 6 nitrogen and oxygen atoms in total. The van der Waals surface area contributed by atoms with Crippen LogP contribution < -0.4 is 5.32 Å². The van der Waals surface area contributed by atoms with Crippen LogP contribution in [0.1, 0.15) is 34.3 Å². The number of hydrogen-bond acceptors (Lipinski definition) is 3. The van der Waals surface area contributed by atoms with Gasteiger partial charge in [0.15, 0.2) is 0 Å². The fraction of sp³-hybridized carbons (Fsp3) is 0.375. The maximum Gasteiger partial charge on any atom is 0.253 e. The van der Waals surface area contributed by atoms with Crippen LogP contribution in [0.3, 0.4) is 0 Å². The minimum atomic E-state index is -0.277. The number of likely N-dealkylation sites (tertiary alicyclic amines) is 1. The van der Waals surface area contributed by atoms with Gasteiger partial charge < -0.3 is 15.1 Å². The molecule has 3 amide bonds. The van der Waals surface area contributed by atoms with Gasteiger partial charge in [-0.15, -0.1) is 0 Å². The van der Waals surface area contributed by atoms with Gasteiger partial charge in [0.05, 0.1) is 12.5 Å². The van der Waals surface area contributed by atoms with Crippen LogP contribution in [0.4, 0.5) is 0 Å². The summed E-state index contributed by atoms with van der Waals surface area (Å²) in [5, 5.41) is 2.80. The fourth-order valence-corrected chi connectivity index (χ4v) is 4.27. The van der Waals surface area contributed by atoms with Crippen LogP contribution in [0, 0.1) is 5.92 Å². The van der Waals surface area contributed by atoms with Gasteiger partial charge in [-0.2, -0.15) is 0 Å². The molecule has 30 heavy (non-hydrogen) atoms. The number of benzene rings is 2. The Balaban J connectivity index is 1.28. The number of amides is 3. The monoisotopic (exact) mass is 405 g/mol. The molecule has 2 heterocycles. The van der Waals surface area contributed by atoms with Crippen molar-refractivity contribution in [1.29, 1.82) is 0 Å². The molecule has 2 aliphatic rings. The smallest absolute Gasteiger partial charge is 0.253 e. The summed E-state index contributed by atoms with van der Waals surface area (Å²) in [4.78, 5) is 41.5. The molecule has 0 bridgehead atoms. The van der Waals surface area contributed by atoms with E-state index in [4.69, 9.17) is 0 Å². The number of carbonyl (C=O) groups excluding carboxylic acids is 3. The molecule has 0 spiro atoms. The van der Waals surface area contributed by atoms with Gasteiger partial charge in [0.25, 0.3) is 5.91 Å². The average molecular weight is 405 g/mol. The molecule has 1 saturated heterocycles. The quantitative estimate of drug-likeness (QED) is 0.848. The summed E-state index contributed by atoms with van der Waals surface area (Å²) >= 11 is 0. The first-order chi connectivity index (χ1) is 14.6. The first kappa shape index (κ1) is 20.1. The van der Waals surface area contributed by atoms with Crippen LogP contribution >= 0.6 is 0 Å². The predicted octanol–water partition coefficient (Wildman–Crippen LogP) is 2.24. The molecule has 2 aromatic carbocycles. The summed E-state index contributed by atoms with van der Waals surface area (Å²) in [5.41, 5.74) is 3.10. The molecule has 1 N–H and O–H groups in total. The third-order valence-electron chi connectivity index (χ3n) is 6.00. The molecular formula is C24H27N3O3. The molecule has 156 valence electrons. The fourth-order valence-electron chi connectivity index (χ4n) is 4.27. The lowest BCUT2D eigenvalue weighted by atomic mass is 9.96. The van der Waals surface area contributed by atoms with E-state index in [1.54, 1.807) is 21.9 Å². The lowest BCUT2D eigenvalue weighted by Crippen LogP contribution is -2.48. The second-order valence-corrected chi connectivity index (χ2v) is 8.01. The lowest BCUT2D eigenvalue weighted by molar-refractivity contribution is -0.135. The first-order valence-corrected chi connectivity index (χ1v) is 10.6. The van der Waals surface area contributed by atoms with E-state index < -0.39 is 0 Å². The van der Waals surface area contributed by atoms with Crippen LogP contribution in [0.2, 0.25) is 0 Å². The van der Waals surface area contributed by atoms with Crippen molar-refractivity contribution in [2.45, 2.75) is 25.8 Å². The highest BCUT2D eigenvalue weighted by molar-refractivity contribution is 5.94. The highest BCUT2D eigenvalue weighted by Gasteiger charge is 2.29. The first-order valence-electron chi connectivity index (χ1n) is 10.6. The molecule has 2 aliphatic heterocycles. The Bertz CT molecular complexity index is 928. The topological polar surface area (TPSA) is 69.7 Å². The molecule has 1 unspecified atom stereocenters. The Morgan fingerprint density at radius 1 is 0.900 bits per heavy atom. The van der Waals surface area contributed by atoms with E-state index in [2.05, 4.69) is 11.4 Å². The van der Waals surface area contributed by atoms with Gasteiger partial charge in [-0.05, 0) is 42.5 Å². The van der Waals surface area contributed by atoms with Gasteiger partial charge in [-0.3, -0.25) is 14.4 Å². The summed E-state index contributed by atoms with van der Waals surface area (Å²) in [6.45, 7) is 2.32. The third kappa shape index (κ3) is 4.53. The summed E-state index contributed by atoms with van der Waals surface area (Å²) < 4.78 is 0. The summed E-state index contributed by atoms with van der Waals surface area (Å²) in [6.07, 6.45) is 2.36. The van der Waals surface area contributed by atoms with Gasteiger partial charge in [0, 0.05) is 31.7 Å². The van der Waals surface area contributed by atoms with E-state index in [1.807, 2.05) is 36.4 Å². The molecule has 2 aromatic rings. The number of hydrogen-bond donors (Lipinski definition) is 1. The summed E-state index contributed by atoms with van der Waals surface area (Å²) in [5.74, 6) is -0.533. The molecule has 1 fully saturated rings. The maximum atomic E-state index is 12.7. The van der Waals surface area contributed by atoms with Gasteiger partial charge >= 0.3 is 0 Å². The van der Waals surface area contributed by atoms with Crippen molar-refractivity contribution in [3.63, 3.8) is 0 Å². The zero-order chi connectivity index (χ0) is 20.9. The summed E-state index contributed by atoms with van der Waals surface area (Å²) in [6, 6.07) is 17.3. The predicted molar refractivity (Wildman–Crippen MR) is 114 cm³/mol. The molecule has 4 rings (SSSR count). The number of carbonyl (C=O) groups is 3. The number of piperidine rings is 1. The number of rotatable bonds is 4. The number of fused-ring (bicyclic) bond motifs is 1. The van der Waals surface area contributed by atoms with E-state index in [9.17, 15) is 14.4 Å². The van der Waals surface area contributed by atoms with Crippen molar-refractivity contribution in [3.8, 4) is 0 Å². The van der Waals surface area contributed by atoms with Gasteiger partial charge in [0.2, 0.25) is 11.8 Å². The van der Waals surface area contributed by atoms with E-state index in [1.165, 1.54) is 11.1 Å². The zero-order valence-corrected chi connectivity index (χ0v) is 17.0. The Morgan fingerprint density at radius 2 is 1.63 bits per heavy atom. The number of nitrogens with one attached hydrogen (secondary N) is 1. The van der Waals surface area contributed by atoms with Crippen molar-refractivity contribution in [2.75, 3.05) is 26.2 Å². The molecule has 0 aliphatic carbocycles. The van der Waals surface area contributed by atoms with Gasteiger partial charge in [0.1, 0.15) is 0 Å². The maximum absolute atomic E-state index is 12.7. The summed E-state index contributed by atoms with van der Waals surface area (Å²) in [7, 11) is 0. The second-order valence-electron chi connectivity index (χ2n) is 8.01. The largest absolute Gasteiger partial charge is 0.347 e. The van der Waals surface area contributed by atoms with Gasteiger partial charge in [-0.1, -0.05) is 42.5 Å². The van der Waals surface area contributed by atoms with Gasteiger partial charge in [-0.25, -0.2) is 0 Å². The molecule has 0 radical (unpaired) electrons. The minimum absolute atomic E-state index is 0.00410. The SMILES string of the molecule is O=C(NCC(=O)N1CCc2ccccc2C1)C1CCCN(C(=O)c2ccccc2)C1. The van der Waals surface area contributed by atoms with Crippen LogP contribution in [0.25, 0.3) is 0 Å². The Morgan fingerprint density at radius 3 is 2.43 bits per heavy atom. The molecule has 6 heteroatoms. The second kappa shape index (κ2) is 9.11. The number of nitrogens with zero attached hydrogens (tertiary/aromatic N) is 2. The van der Waals surface area contributed by atoms with Crippen molar-refractivity contribution >= 4 is 17.7 Å². The van der Waals surface area contributed by atoms with E-state index in [0.717, 1.165) is 19.3 Å². The molecule has 0 aromatic heterocycles. The standard InChI is InChI=1S/C24H27N3O3/c28-22(26-14-12-18-7-4-5-10-20(18)16-26)15-25-23(29)21-11-6-13-27(17-21)24(30)19-8-2-1-3-9-19/h1-5,7-10,21H,6,11-17H2,(H,25,29). The van der Waals surface area contributed by atoms with Crippen molar-refractivity contribution in [3.05, 3.63) is 71.3 Å². The van der Waals surface area contributed by atoms with Crippen LogP contribution in [-0.2, 0) is 22.6 Å². The van der Waals surface area contributed by atoms with Crippen LogP contribution in [0.15, 0.2) is 54.6 Å². The Labute approximate surface area is 176 Å². The van der Waals surface area contributed by atoms with E-state index in [0.29, 0.717) is 31.7 Å². The van der Waals surface area contributed by atoms with Crippen molar-refractivity contribution < 1.29 is 14.4 Å².